The molecule has 0 N–H and O–H groups in total. The lowest BCUT2D eigenvalue weighted by atomic mass is 9.96. The van der Waals surface area contributed by atoms with Gasteiger partial charge in [0.25, 0.3) is 0 Å². The zero-order valence-electron chi connectivity index (χ0n) is 21.2. The third-order valence-corrected chi connectivity index (χ3v) is 9.53. The van der Waals surface area contributed by atoms with Gasteiger partial charge in [-0.05, 0) is 63.8 Å². The summed E-state index contributed by atoms with van der Waals surface area (Å²) in [4.78, 5) is 31.6. The first-order valence-corrected chi connectivity index (χ1v) is 14.1. The molecule has 13 heteroatoms. The quantitative estimate of drug-likeness (QED) is 0.517. The van der Waals surface area contributed by atoms with Gasteiger partial charge in [0.05, 0.1) is 11.6 Å². The Morgan fingerprint density at radius 3 is 2.26 bits per heavy atom. The Morgan fingerprint density at radius 1 is 1.00 bits per heavy atom. The van der Waals surface area contributed by atoms with Gasteiger partial charge < -0.3 is 9.80 Å². The second kappa shape index (κ2) is 10.7. The van der Waals surface area contributed by atoms with Crippen LogP contribution in [0.1, 0.15) is 19.4 Å². The highest BCUT2D eigenvalue weighted by atomic mass is 35.5. The largest absolute Gasteiger partial charge is 0.335 e. The third kappa shape index (κ3) is 5.14. The van der Waals surface area contributed by atoms with Crippen molar-refractivity contribution >= 4 is 45.0 Å². The minimum atomic E-state index is -4.27. The Labute approximate surface area is 230 Å². The molecule has 2 fully saturated rings. The fraction of sp³-hybridized carbons (Fsp3) is 0.440. The maximum atomic E-state index is 14.0. The number of hydrogen-bond acceptors (Lipinski definition) is 5. The zero-order chi connectivity index (χ0) is 28.1. The zero-order valence-corrected chi connectivity index (χ0v) is 23.6. The van der Waals surface area contributed by atoms with Gasteiger partial charge in [-0.2, -0.15) is 4.31 Å². The van der Waals surface area contributed by atoms with Crippen molar-refractivity contribution < 1.29 is 26.8 Å². The number of rotatable bonds is 6. The molecule has 8 nitrogen and oxygen atoms in total. The molecule has 2 amide bonds. The first-order chi connectivity index (χ1) is 17.7. The van der Waals surface area contributed by atoms with Gasteiger partial charge in [-0.1, -0.05) is 29.3 Å². The van der Waals surface area contributed by atoms with Crippen LogP contribution in [0.3, 0.4) is 0 Å². The number of fused-ring (bicyclic) bond motifs is 1. The molecule has 2 aliphatic heterocycles. The molecule has 38 heavy (non-hydrogen) atoms. The average Bonchev–Trinajstić information content (AvgIpc) is 2.82. The molecule has 206 valence electrons. The van der Waals surface area contributed by atoms with Gasteiger partial charge >= 0.3 is 0 Å². The lowest BCUT2D eigenvalue weighted by molar-refractivity contribution is -0.171. The van der Waals surface area contributed by atoms with Crippen molar-refractivity contribution in [3.8, 4) is 0 Å². The molecular weight excluding hydrogens is 561 g/mol. The van der Waals surface area contributed by atoms with E-state index in [1.54, 1.807) is 32.8 Å². The van der Waals surface area contributed by atoms with E-state index >= 15 is 0 Å². The molecular formula is C25H28Cl2F2N4O4S. The number of halogens is 4. The highest BCUT2D eigenvalue weighted by molar-refractivity contribution is 7.89. The van der Waals surface area contributed by atoms with E-state index in [4.69, 9.17) is 23.2 Å². The molecule has 0 saturated carbocycles. The van der Waals surface area contributed by atoms with Crippen molar-refractivity contribution in [2.24, 2.45) is 0 Å². The van der Waals surface area contributed by atoms with Gasteiger partial charge in [-0.3, -0.25) is 14.5 Å². The highest BCUT2D eigenvalue weighted by Gasteiger charge is 2.54. The number of likely N-dealkylation sites (N-methyl/N-ethyl adjacent to an activating group) is 1. The molecule has 0 radical (unpaired) electrons. The second-order valence-electron chi connectivity index (χ2n) is 9.91. The molecule has 2 aromatic carbocycles. The third-order valence-electron chi connectivity index (χ3n) is 6.95. The lowest BCUT2D eigenvalue weighted by Gasteiger charge is -2.54. The molecule has 0 aliphatic carbocycles. The number of sulfonamides is 1. The van der Waals surface area contributed by atoms with Crippen LogP contribution in [0.4, 0.5) is 8.78 Å². The van der Waals surface area contributed by atoms with Crippen molar-refractivity contribution in [1.29, 1.82) is 0 Å². The Balaban J connectivity index is 1.85. The summed E-state index contributed by atoms with van der Waals surface area (Å²) in [5.41, 5.74) is 0.293. The molecule has 3 unspecified atom stereocenters. The van der Waals surface area contributed by atoms with E-state index in [0.29, 0.717) is 5.56 Å². The Bertz CT molecular complexity index is 1380. The van der Waals surface area contributed by atoms with Gasteiger partial charge in [0.1, 0.15) is 23.1 Å². The second-order valence-corrected chi connectivity index (χ2v) is 12.6. The molecule has 2 saturated heterocycles. The van der Waals surface area contributed by atoms with E-state index < -0.39 is 51.7 Å². The topological polar surface area (TPSA) is 81.2 Å². The molecule has 0 aromatic heterocycles. The van der Waals surface area contributed by atoms with Crippen molar-refractivity contribution in [2.75, 3.05) is 27.2 Å². The summed E-state index contributed by atoms with van der Waals surface area (Å²) >= 11 is 12.3. The number of nitrogens with zero attached hydrogens (tertiary/aromatic N) is 4. The number of carbonyl (C=O) groups is 2. The highest BCUT2D eigenvalue weighted by Crippen LogP contribution is 2.35. The predicted octanol–water partition coefficient (Wildman–Crippen LogP) is 3.22. The summed E-state index contributed by atoms with van der Waals surface area (Å²) < 4.78 is 56.8. The summed E-state index contributed by atoms with van der Waals surface area (Å²) in [5, 5.41) is 0.185. The predicted molar refractivity (Wildman–Crippen MR) is 139 cm³/mol. The van der Waals surface area contributed by atoms with Gasteiger partial charge in [0.2, 0.25) is 21.8 Å². The van der Waals surface area contributed by atoms with Crippen molar-refractivity contribution in [1.82, 2.24) is 19.0 Å². The van der Waals surface area contributed by atoms with Gasteiger partial charge in [-0.25, -0.2) is 17.2 Å². The fourth-order valence-electron chi connectivity index (χ4n) is 4.94. The van der Waals surface area contributed by atoms with Crippen LogP contribution in [-0.4, -0.2) is 90.7 Å². The van der Waals surface area contributed by atoms with Crippen molar-refractivity contribution in [3.05, 3.63) is 63.6 Å². The van der Waals surface area contributed by atoms with Gasteiger partial charge in [0.15, 0.2) is 11.6 Å². The number of hydrogen-bond donors (Lipinski definition) is 0. The summed E-state index contributed by atoms with van der Waals surface area (Å²) in [6, 6.07) is 4.94. The maximum absolute atomic E-state index is 14.0. The molecule has 2 aromatic rings. The molecule has 3 atom stereocenters. The normalized spacial score (nSPS) is 22.9. The van der Waals surface area contributed by atoms with Crippen LogP contribution in [-0.2, 0) is 26.0 Å². The molecule has 2 heterocycles. The van der Waals surface area contributed by atoms with Crippen molar-refractivity contribution in [2.45, 2.75) is 49.5 Å². The maximum Gasteiger partial charge on any atom is 0.246 e. The summed E-state index contributed by atoms with van der Waals surface area (Å²) in [7, 11) is -0.994. The van der Waals surface area contributed by atoms with Crippen LogP contribution in [0.25, 0.3) is 0 Å². The number of benzene rings is 2. The monoisotopic (exact) mass is 588 g/mol. The standard InChI is InChI=1S/C25H28Cl2F2N4O4S/c1-14(2)31-13-23-32(38(36,37)22-8-6-16(26)11-17(22)27)12-21(30(3)4)25(35)33(23)20(24(31)34)10-15-5-7-18(28)19(29)9-15/h5-9,11,14,20-21,23H,10,12-13H2,1-4H3. The van der Waals surface area contributed by atoms with Crippen LogP contribution in [0.2, 0.25) is 10.0 Å². The lowest BCUT2D eigenvalue weighted by Crippen LogP contribution is -2.76. The van der Waals surface area contributed by atoms with E-state index in [2.05, 4.69) is 0 Å². The average molecular weight is 589 g/mol. The number of carbonyl (C=O) groups excluding carboxylic acids is 2. The minimum Gasteiger partial charge on any atom is -0.335 e. The first kappa shape index (κ1) is 28.7. The molecule has 2 aliphatic rings. The first-order valence-electron chi connectivity index (χ1n) is 11.9. The smallest absolute Gasteiger partial charge is 0.246 e. The van der Waals surface area contributed by atoms with Crippen LogP contribution in [0.15, 0.2) is 41.3 Å². The van der Waals surface area contributed by atoms with Gasteiger partial charge in [-0.15, -0.1) is 0 Å². The van der Waals surface area contributed by atoms with Crippen LogP contribution in [0, 0.1) is 11.6 Å². The molecule has 0 bridgehead atoms. The van der Waals surface area contributed by atoms with E-state index in [9.17, 15) is 26.8 Å². The van der Waals surface area contributed by atoms with E-state index in [-0.39, 0.29) is 40.5 Å². The van der Waals surface area contributed by atoms with E-state index in [1.807, 2.05) is 0 Å². The summed E-state index contributed by atoms with van der Waals surface area (Å²) in [5.74, 6) is -2.96. The Morgan fingerprint density at radius 2 is 1.68 bits per heavy atom. The Hall–Kier alpha value is -2.31. The number of piperazine rings is 1. The van der Waals surface area contributed by atoms with Gasteiger partial charge in [0, 0.05) is 24.0 Å². The van der Waals surface area contributed by atoms with Crippen molar-refractivity contribution in [3.63, 3.8) is 0 Å². The summed E-state index contributed by atoms with van der Waals surface area (Å²) in [6.07, 6.45) is -1.18. The van der Waals surface area contributed by atoms with E-state index in [1.165, 1.54) is 38.4 Å². The SMILES string of the molecule is CC(C)N1CC2N(C(=O)C(N(C)C)CN2S(=O)(=O)c2ccc(Cl)cc2Cl)C(Cc2ccc(F)c(F)c2)C1=O. The van der Waals surface area contributed by atoms with Crippen LogP contribution in [0.5, 0.6) is 0 Å². The minimum absolute atomic E-state index is 0.0683. The Kier molecular flexibility index (Phi) is 8.07. The van der Waals surface area contributed by atoms with E-state index in [0.717, 1.165) is 12.1 Å². The fourth-order valence-corrected chi connectivity index (χ4v) is 7.26. The van der Waals surface area contributed by atoms with Crippen LogP contribution < -0.4 is 0 Å². The number of amides is 2. The van der Waals surface area contributed by atoms with Crippen LogP contribution >= 0.6 is 23.2 Å². The summed E-state index contributed by atoms with van der Waals surface area (Å²) in [6.45, 7) is 3.32. The molecule has 4 rings (SSSR count). The molecule has 0 spiro atoms.